The first-order valence-corrected chi connectivity index (χ1v) is 12.2. The van der Waals surface area contributed by atoms with Gasteiger partial charge in [0.15, 0.2) is 0 Å². The lowest BCUT2D eigenvalue weighted by atomic mass is 9.92. The summed E-state index contributed by atoms with van der Waals surface area (Å²) in [6, 6.07) is 2.38. The molecule has 4 atom stereocenters. The molecule has 3 fully saturated rings. The van der Waals surface area contributed by atoms with Crippen molar-refractivity contribution in [2.45, 2.75) is 51.8 Å². The van der Waals surface area contributed by atoms with Gasteiger partial charge in [-0.2, -0.15) is 0 Å². The van der Waals surface area contributed by atoms with E-state index in [9.17, 15) is 9.59 Å². The summed E-state index contributed by atoms with van der Waals surface area (Å²) in [5.74, 6) is 1.96. The zero-order valence-electron chi connectivity index (χ0n) is 20.6. The van der Waals surface area contributed by atoms with Crippen LogP contribution in [0.3, 0.4) is 0 Å². The molecule has 0 bridgehead atoms. The topological polar surface area (TPSA) is 107 Å². The highest BCUT2D eigenvalue weighted by molar-refractivity contribution is 5.87. The maximum Gasteiger partial charge on any atom is 0.407 e. The number of carbonyl (C=O) groups is 2. The second-order valence-corrected chi connectivity index (χ2v) is 11.0. The van der Waals surface area contributed by atoms with Crippen LogP contribution in [0.4, 0.5) is 15.4 Å². The third-order valence-corrected chi connectivity index (χ3v) is 7.50. The third-order valence-electron chi connectivity index (χ3n) is 7.50. The number of fused-ring (bicyclic) bond motifs is 2. The highest BCUT2D eigenvalue weighted by Crippen LogP contribution is 2.46. The number of aromatic amines is 1. The Hall–Kier alpha value is -3.04. The second kappa shape index (κ2) is 8.32. The zero-order valence-corrected chi connectivity index (χ0v) is 20.6. The van der Waals surface area contributed by atoms with E-state index >= 15 is 0 Å². The van der Waals surface area contributed by atoms with Crippen LogP contribution < -0.4 is 10.2 Å². The average molecular weight is 470 g/mol. The van der Waals surface area contributed by atoms with Gasteiger partial charge in [-0.25, -0.2) is 19.6 Å². The quantitative estimate of drug-likeness (QED) is 0.716. The molecule has 0 aromatic carbocycles. The van der Waals surface area contributed by atoms with Crippen molar-refractivity contribution < 1.29 is 14.3 Å². The minimum absolute atomic E-state index is 0.1000. The van der Waals surface area contributed by atoms with Crippen molar-refractivity contribution in [3.05, 3.63) is 18.6 Å². The molecule has 1 saturated carbocycles. The van der Waals surface area contributed by atoms with E-state index in [1.165, 1.54) is 0 Å². The summed E-state index contributed by atoms with van der Waals surface area (Å²) >= 11 is 0. The number of amides is 3. The van der Waals surface area contributed by atoms with E-state index in [0.29, 0.717) is 37.4 Å². The van der Waals surface area contributed by atoms with Gasteiger partial charge >= 0.3 is 12.1 Å². The van der Waals surface area contributed by atoms with Crippen LogP contribution in [0.15, 0.2) is 18.6 Å². The number of urea groups is 1. The van der Waals surface area contributed by atoms with Gasteiger partial charge in [-0.1, -0.05) is 6.92 Å². The van der Waals surface area contributed by atoms with Gasteiger partial charge in [0.1, 0.15) is 23.4 Å². The molecule has 184 valence electrons. The van der Waals surface area contributed by atoms with Gasteiger partial charge in [-0.3, -0.25) is 0 Å². The minimum Gasteiger partial charge on any atom is -0.444 e. The summed E-state index contributed by atoms with van der Waals surface area (Å²) in [5, 5.41) is 3.97. The van der Waals surface area contributed by atoms with Crippen molar-refractivity contribution >= 4 is 29.0 Å². The van der Waals surface area contributed by atoms with Crippen molar-refractivity contribution in [2.24, 2.45) is 17.8 Å². The van der Waals surface area contributed by atoms with Crippen LogP contribution in [-0.4, -0.2) is 87.8 Å². The molecule has 3 amide bonds. The summed E-state index contributed by atoms with van der Waals surface area (Å²) in [7, 11) is 2.06. The standard InChI is InChI=1S/C24H35N7O3/c1-14-7-9-30(12-18(14)29(5)21-15-6-8-25-20(15)26-13-27-21)23(33)31-10-16-17(11-31)19(16)28-22(32)34-24(2,3)4/h6,8,13-14,16-19H,7,9-12H2,1-5H3,(H,28,32)(H,25,26,27). The number of carbonyl (C=O) groups excluding carboxylic acids is 2. The van der Waals surface area contributed by atoms with E-state index in [4.69, 9.17) is 4.74 Å². The fourth-order valence-electron chi connectivity index (χ4n) is 5.56. The maximum atomic E-state index is 13.4. The fraction of sp³-hybridized carbons (Fsp3) is 0.667. The Balaban J connectivity index is 1.19. The van der Waals surface area contributed by atoms with Crippen LogP contribution >= 0.6 is 0 Å². The molecule has 3 aliphatic rings. The molecule has 4 unspecified atom stereocenters. The number of alkyl carbamates (subject to hydrolysis) is 1. The molecule has 2 aromatic heterocycles. The van der Waals surface area contributed by atoms with Crippen molar-refractivity contribution in [1.82, 2.24) is 30.1 Å². The van der Waals surface area contributed by atoms with E-state index in [-0.39, 0.29) is 24.2 Å². The van der Waals surface area contributed by atoms with Gasteiger partial charge in [-0.15, -0.1) is 0 Å². The summed E-state index contributed by atoms with van der Waals surface area (Å²) < 4.78 is 5.37. The molecule has 10 nitrogen and oxygen atoms in total. The summed E-state index contributed by atoms with van der Waals surface area (Å²) in [4.78, 5) is 43.5. The lowest BCUT2D eigenvalue weighted by Crippen LogP contribution is -2.56. The molecule has 4 heterocycles. The number of H-pyrrole nitrogens is 1. The average Bonchev–Trinajstić information content (AvgIpc) is 3.17. The first-order valence-electron chi connectivity index (χ1n) is 12.2. The molecule has 2 N–H and O–H groups in total. The van der Waals surface area contributed by atoms with E-state index < -0.39 is 5.60 Å². The highest BCUT2D eigenvalue weighted by atomic mass is 16.6. The van der Waals surface area contributed by atoms with Crippen molar-refractivity contribution in [2.75, 3.05) is 38.1 Å². The second-order valence-electron chi connectivity index (χ2n) is 11.0. The Bertz CT molecular complexity index is 1070. The van der Waals surface area contributed by atoms with Crippen molar-refractivity contribution in [3.63, 3.8) is 0 Å². The number of hydrogen-bond donors (Lipinski definition) is 2. The normalized spacial score (nSPS) is 28.6. The smallest absolute Gasteiger partial charge is 0.407 e. The molecule has 2 saturated heterocycles. The SMILES string of the molecule is CC1CCN(C(=O)N2CC3C(C2)C3NC(=O)OC(C)(C)C)CC1N(C)c1ncnc2[nH]ccc12. The van der Waals surface area contributed by atoms with Crippen LogP contribution in [-0.2, 0) is 4.74 Å². The fourth-order valence-corrected chi connectivity index (χ4v) is 5.56. The first kappa shape index (κ1) is 22.7. The number of likely N-dealkylation sites (N-methyl/N-ethyl adjacent to an activating group) is 1. The molecule has 5 rings (SSSR count). The van der Waals surface area contributed by atoms with Crippen molar-refractivity contribution in [1.29, 1.82) is 0 Å². The summed E-state index contributed by atoms with van der Waals surface area (Å²) in [5.41, 5.74) is 0.309. The molecular weight excluding hydrogens is 434 g/mol. The zero-order chi connectivity index (χ0) is 24.2. The van der Waals surface area contributed by atoms with E-state index in [0.717, 1.165) is 29.8 Å². The molecule has 2 aliphatic heterocycles. The largest absolute Gasteiger partial charge is 0.444 e. The number of hydrogen-bond acceptors (Lipinski definition) is 6. The minimum atomic E-state index is -0.510. The Labute approximate surface area is 200 Å². The number of ether oxygens (including phenoxy) is 1. The number of nitrogens with zero attached hydrogens (tertiary/aromatic N) is 5. The number of aromatic nitrogens is 3. The van der Waals surface area contributed by atoms with Gasteiger partial charge < -0.3 is 29.7 Å². The number of anilines is 1. The lowest BCUT2D eigenvalue weighted by molar-refractivity contribution is 0.0514. The first-order chi connectivity index (χ1) is 16.1. The third kappa shape index (κ3) is 4.25. The predicted molar refractivity (Wildman–Crippen MR) is 129 cm³/mol. The maximum absolute atomic E-state index is 13.4. The van der Waals surface area contributed by atoms with E-state index in [1.54, 1.807) is 6.33 Å². The Morgan fingerprint density at radius 3 is 2.62 bits per heavy atom. The Kier molecular flexibility index (Phi) is 5.56. The summed E-state index contributed by atoms with van der Waals surface area (Å²) in [6.07, 6.45) is 4.03. The molecule has 0 radical (unpaired) electrons. The van der Waals surface area contributed by atoms with Crippen molar-refractivity contribution in [3.8, 4) is 0 Å². The molecule has 34 heavy (non-hydrogen) atoms. The molecule has 1 aliphatic carbocycles. The summed E-state index contributed by atoms with van der Waals surface area (Å²) in [6.45, 7) is 10.6. The molecule has 2 aromatic rings. The monoisotopic (exact) mass is 469 g/mol. The molecule has 10 heteroatoms. The number of rotatable bonds is 3. The van der Waals surface area contributed by atoms with Crippen LogP contribution in [0.25, 0.3) is 11.0 Å². The Morgan fingerprint density at radius 2 is 1.91 bits per heavy atom. The van der Waals surface area contributed by atoms with E-state index in [1.807, 2.05) is 42.8 Å². The van der Waals surface area contributed by atoms with E-state index in [2.05, 4.69) is 39.1 Å². The van der Waals surface area contributed by atoms with Gasteiger partial charge in [0, 0.05) is 57.3 Å². The van der Waals surface area contributed by atoms with Gasteiger partial charge in [0.25, 0.3) is 0 Å². The number of nitrogens with one attached hydrogen (secondary N) is 2. The van der Waals surface area contributed by atoms with Crippen LogP contribution in [0.2, 0.25) is 0 Å². The van der Waals surface area contributed by atoms with Crippen LogP contribution in [0, 0.1) is 17.8 Å². The van der Waals surface area contributed by atoms with Crippen LogP contribution in [0.1, 0.15) is 34.1 Å². The highest BCUT2D eigenvalue weighted by Gasteiger charge is 2.58. The molecular formula is C24H35N7O3. The number of likely N-dealkylation sites (tertiary alicyclic amines) is 2. The van der Waals surface area contributed by atoms with Gasteiger partial charge in [-0.05, 0) is 39.2 Å². The lowest BCUT2D eigenvalue weighted by Gasteiger charge is -2.43. The Morgan fingerprint density at radius 1 is 1.18 bits per heavy atom. The van der Waals surface area contributed by atoms with Gasteiger partial charge in [0.05, 0.1) is 11.4 Å². The predicted octanol–water partition coefficient (Wildman–Crippen LogP) is 2.68. The van der Waals surface area contributed by atoms with Crippen LogP contribution in [0.5, 0.6) is 0 Å². The number of piperidine rings is 2. The molecule has 0 spiro atoms. The van der Waals surface area contributed by atoms with Gasteiger partial charge in [0.2, 0.25) is 0 Å².